The molecule has 1 nitrogen and oxygen atoms in total. The van der Waals surface area contributed by atoms with Crippen molar-refractivity contribution < 1.29 is 20.1 Å². The second kappa shape index (κ2) is 6.62. The predicted octanol–water partition coefficient (Wildman–Crippen LogP) is 4.84. The van der Waals surface area contributed by atoms with Gasteiger partial charge in [0.15, 0.2) is 0 Å². The number of nitrogens with zero attached hydrogens (tertiary/aromatic N) is 1. The minimum Gasteiger partial charge on any atom is -0.257 e. The molecule has 0 fully saturated rings. The van der Waals surface area contributed by atoms with Gasteiger partial charge in [-0.15, -0.1) is 22.4 Å². The molecule has 1 aromatic heterocycles. The quantitative estimate of drug-likeness (QED) is 0.381. The number of rotatable bonds is 2. The molecule has 0 amide bonds. The van der Waals surface area contributed by atoms with Crippen LogP contribution in [0.2, 0.25) is 0 Å². The van der Waals surface area contributed by atoms with E-state index in [1.165, 1.54) is 10.8 Å². The van der Waals surface area contributed by atoms with Crippen LogP contribution in [-0.4, -0.2) is 4.98 Å². The zero-order valence-corrected chi connectivity index (χ0v) is 14.8. The van der Waals surface area contributed by atoms with Crippen LogP contribution in [0, 0.1) is 13.0 Å². The van der Waals surface area contributed by atoms with Gasteiger partial charge in [-0.3, -0.25) is 4.98 Å². The van der Waals surface area contributed by atoms with E-state index in [4.69, 9.17) is 6.92 Å². The molecular formula is C21H14IrN-. The molecule has 3 aromatic carbocycles. The second-order valence-electron chi connectivity index (χ2n) is 5.44. The monoisotopic (exact) mass is 473 g/mol. The molecular weight excluding hydrogens is 458 g/mol. The maximum atomic E-state index is 5.97. The van der Waals surface area contributed by atoms with Crippen LogP contribution < -0.4 is 0 Å². The number of benzene rings is 3. The van der Waals surface area contributed by atoms with Crippen molar-refractivity contribution in [3.8, 4) is 0 Å². The van der Waals surface area contributed by atoms with Gasteiger partial charge in [-0.25, -0.2) is 0 Å². The van der Waals surface area contributed by atoms with E-state index < -0.39 is 0 Å². The van der Waals surface area contributed by atoms with Gasteiger partial charge in [-0.05, 0) is 17.9 Å². The number of hydrogen-bond donors (Lipinski definition) is 0. The van der Waals surface area contributed by atoms with Crippen LogP contribution in [0.4, 0.5) is 0 Å². The summed E-state index contributed by atoms with van der Waals surface area (Å²) in [5.74, 6) is 0. The first-order chi connectivity index (χ1) is 10.8. The standard InChI is InChI=1S/C21H14N.Ir/c1-15-13-17-8-3-5-12-20(17)21(22-15)14-18-10-6-9-16-7-2-4-11-19(16)18;/h1-9,11-13H,14H2;/q-1;. The zero-order valence-electron chi connectivity index (χ0n) is 12.4. The molecule has 4 aromatic rings. The molecule has 3 radical (unpaired) electrons. The third-order valence-electron chi connectivity index (χ3n) is 3.99. The van der Waals surface area contributed by atoms with Crippen molar-refractivity contribution in [3.63, 3.8) is 0 Å². The summed E-state index contributed by atoms with van der Waals surface area (Å²) in [5.41, 5.74) is 2.72. The minimum atomic E-state index is 0. The third kappa shape index (κ3) is 3.05. The molecule has 0 aliphatic carbocycles. The minimum absolute atomic E-state index is 0. The summed E-state index contributed by atoms with van der Waals surface area (Å²) < 4.78 is 0. The molecule has 2 heteroatoms. The Morgan fingerprint density at radius 3 is 2.39 bits per heavy atom. The van der Waals surface area contributed by atoms with Gasteiger partial charge in [-0.1, -0.05) is 42.5 Å². The van der Waals surface area contributed by atoms with E-state index in [1.807, 2.05) is 24.3 Å². The molecule has 0 aliphatic heterocycles. The fraction of sp³-hybridized carbons (Fsp3) is 0.0476. The maximum Gasteiger partial charge on any atom is 0.0508 e. The van der Waals surface area contributed by atoms with Gasteiger partial charge in [-0.2, -0.15) is 18.2 Å². The van der Waals surface area contributed by atoms with E-state index in [2.05, 4.69) is 53.5 Å². The Bertz CT molecular complexity index is 970. The molecule has 0 bridgehead atoms. The SMILES string of the molecule is [CH]c1cc2ccccc2c(Cc2[c-]ccc3ccccc23)n1.[Ir]. The van der Waals surface area contributed by atoms with Crippen LogP contribution in [-0.2, 0) is 26.5 Å². The topological polar surface area (TPSA) is 12.9 Å². The van der Waals surface area contributed by atoms with Crippen molar-refractivity contribution in [3.05, 3.63) is 96.7 Å². The zero-order chi connectivity index (χ0) is 14.9. The fourth-order valence-corrected chi connectivity index (χ4v) is 2.97. The van der Waals surface area contributed by atoms with Crippen LogP contribution in [0.5, 0.6) is 0 Å². The number of fused-ring (bicyclic) bond motifs is 2. The average Bonchev–Trinajstić information content (AvgIpc) is 2.55. The second-order valence-corrected chi connectivity index (χ2v) is 5.44. The van der Waals surface area contributed by atoms with Gasteiger partial charge < -0.3 is 0 Å². The van der Waals surface area contributed by atoms with Crippen LogP contribution in [0.1, 0.15) is 17.0 Å². The van der Waals surface area contributed by atoms with Crippen molar-refractivity contribution >= 4 is 21.5 Å². The van der Waals surface area contributed by atoms with E-state index >= 15 is 0 Å². The normalized spacial score (nSPS) is 10.7. The molecule has 0 saturated carbocycles. The molecule has 0 saturated heterocycles. The van der Waals surface area contributed by atoms with Crippen LogP contribution in [0.25, 0.3) is 21.5 Å². The van der Waals surface area contributed by atoms with Crippen molar-refractivity contribution in [2.75, 3.05) is 0 Å². The first-order valence-corrected chi connectivity index (χ1v) is 7.34. The van der Waals surface area contributed by atoms with Gasteiger partial charge >= 0.3 is 0 Å². The van der Waals surface area contributed by atoms with E-state index in [9.17, 15) is 0 Å². The fourth-order valence-electron chi connectivity index (χ4n) is 2.97. The number of hydrogen-bond acceptors (Lipinski definition) is 1. The largest absolute Gasteiger partial charge is 0.257 e. The molecule has 23 heavy (non-hydrogen) atoms. The Morgan fingerprint density at radius 1 is 0.870 bits per heavy atom. The van der Waals surface area contributed by atoms with Gasteiger partial charge in [0.25, 0.3) is 0 Å². The van der Waals surface area contributed by atoms with Gasteiger partial charge in [0, 0.05) is 38.1 Å². The van der Waals surface area contributed by atoms with E-state index in [-0.39, 0.29) is 20.1 Å². The van der Waals surface area contributed by atoms with Crippen LogP contribution in [0.15, 0.2) is 66.7 Å². The molecule has 0 N–H and O–H groups in total. The van der Waals surface area contributed by atoms with Crippen molar-refractivity contribution in [1.82, 2.24) is 4.98 Å². The summed E-state index contributed by atoms with van der Waals surface area (Å²) in [6.07, 6.45) is 0.729. The summed E-state index contributed by atoms with van der Waals surface area (Å²) in [6, 6.07) is 26.0. The first-order valence-electron chi connectivity index (χ1n) is 7.34. The Kier molecular flexibility index (Phi) is 4.56. The maximum absolute atomic E-state index is 5.97. The van der Waals surface area contributed by atoms with Crippen molar-refractivity contribution in [2.24, 2.45) is 0 Å². The molecule has 0 atom stereocenters. The summed E-state index contributed by atoms with van der Waals surface area (Å²) in [6.45, 7) is 5.97. The number of aromatic nitrogens is 1. The smallest absolute Gasteiger partial charge is 0.0508 e. The van der Waals surface area contributed by atoms with E-state index in [0.717, 1.165) is 28.5 Å². The van der Waals surface area contributed by atoms with Crippen molar-refractivity contribution in [1.29, 1.82) is 0 Å². The summed E-state index contributed by atoms with van der Waals surface area (Å²) in [4.78, 5) is 4.56. The van der Waals surface area contributed by atoms with Crippen LogP contribution in [0.3, 0.4) is 0 Å². The molecule has 113 valence electrons. The van der Waals surface area contributed by atoms with E-state index in [1.54, 1.807) is 0 Å². The van der Waals surface area contributed by atoms with Crippen LogP contribution >= 0.6 is 0 Å². The van der Waals surface area contributed by atoms with E-state index in [0.29, 0.717) is 5.69 Å². The molecule has 0 unspecified atom stereocenters. The predicted molar refractivity (Wildman–Crippen MR) is 90.7 cm³/mol. The Morgan fingerprint density at radius 2 is 1.57 bits per heavy atom. The van der Waals surface area contributed by atoms with Crippen molar-refractivity contribution in [2.45, 2.75) is 6.42 Å². The summed E-state index contributed by atoms with van der Waals surface area (Å²) in [5, 5.41) is 4.73. The van der Waals surface area contributed by atoms with Gasteiger partial charge in [0.05, 0.1) is 5.69 Å². The summed E-state index contributed by atoms with van der Waals surface area (Å²) >= 11 is 0. The Labute approximate surface area is 149 Å². The third-order valence-corrected chi connectivity index (χ3v) is 3.99. The van der Waals surface area contributed by atoms with Gasteiger partial charge in [0.2, 0.25) is 0 Å². The molecule has 0 aliphatic rings. The first kappa shape index (κ1) is 15.9. The molecule has 0 spiro atoms. The molecule has 4 rings (SSSR count). The Balaban J connectivity index is 0.00000156. The average molecular weight is 473 g/mol. The molecule has 1 heterocycles. The van der Waals surface area contributed by atoms with Gasteiger partial charge in [0.1, 0.15) is 0 Å². The Hall–Kier alpha value is -2.02. The summed E-state index contributed by atoms with van der Waals surface area (Å²) in [7, 11) is 0. The number of pyridine rings is 1.